The number of hydrogen-bond acceptors (Lipinski definition) is 6. The number of benzene rings is 3. The van der Waals surface area contributed by atoms with Gasteiger partial charge in [-0.3, -0.25) is 19.2 Å². The Bertz CT molecular complexity index is 1180. The zero-order chi connectivity index (χ0) is 27.0. The highest BCUT2D eigenvalue weighted by atomic mass is 16.2. The molecule has 4 N–H and O–H groups in total. The Morgan fingerprint density at radius 2 is 0.842 bits per heavy atom. The van der Waals surface area contributed by atoms with Crippen molar-refractivity contribution in [3.63, 3.8) is 0 Å². The first-order valence-corrected chi connectivity index (χ1v) is 11.9. The number of carbonyl (C=O) groups is 4. The average molecular weight is 513 g/mol. The SMILES string of the molecule is O=C(CCC(=O)Nc1ccccc1)N/N=C/c1ccc(/C=N/NC(=O)CCC(=O)Nc2ccccc2)cc1. The van der Waals surface area contributed by atoms with Gasteiger partial charge in [-0.25, -0.2) is 10.9 Å². The number of amides is 4. The van der Waals surface area contributed by atoms with Gasteiger partial charge in [-0.15, -0.1) is 0 Å². The summed E-state index contributed by atoms with van der Waals surface area (Å²) in [5.74, 6) is -1.25. The number of para-hydroxylation sites is 2. The molecule has 0 fully saturated rings. The molecule has 0 aliphatic carbocycles. The first-order valence-electron chi connectivity index (χ1n) is 11.9. The largest absolute Gasteiger partial charge is 0.326 e. The molecule has 0 aliphatic rings. The second-order valence-corrected chi connectivity index (χ2v) is 8.08. The number of hydrazone groups is 2. The smallest absolute Gasteiger partial charge is 0.240 e. The number of nitrogens with one attached hydrogen (secondary N) is 4. The Morgan fingerprint density at radius 3 is 1.21 bits per heavy atom. The number of carbonyl (C=O) groups excluding carboxylic acids is 4. The van der Waals surface area contributed by atoms with Gasteiger partial charge in [0.1, 0.15) is 0 Å². The van der Waals surface area contributed by atoms with Gasteiger partial charge in [0.15, 0.2) is 0 Å². The van der Waals surface area contributed by atoms with E-state index in [1.807, 2.05) is 36.4 Å². The maximum absolute atomic E-state index is 11.9. The zero-order valence-electron chi connectivity index (χ0n) is 20.6. The van der Waals surface area contributed by atoms with Gasteiger partial charge in [-0.2, -0.15) is 10.2 Å². The fourth-order valence-electron chi connectivity index (χ4n) is 3.08. The standard InChI is InChI=1S/C28H28N6O4/c35-25(31-23-7-3-1-4-8-23)15-17-27(37)33-29-19-21-11-13-22(14-12-21)20-30-34-28(38)18-16-26(36)32-24-9-5-2-6-10-24/h1-14,19-20H,15-18H2,(H,31,35)(H,32,36)(H,33,37)(H,34,38)/b29-19+,30-20+. The normalized spacial score (nSPS) is 10.7. The second kappa shape index (κ2) is 15.1. The number of hydrogen-bond donors (Lipinski definition) is 4. The maximum atomic E-state index is 11.9. The average Bonchev–Trinajstić information content (AvgIpc) is 2.93. The molecule has 0 spiro atoms. The van der Waals surface area contributed by atoms with Crippen LogP contribution in [0.4, 0.5) is 11.4 Å². The third-order valence-corrected chi connectivity index (χ3v) is 5.02. The summed E-state index contributed by atoms with van der Waals surface area (Å²) in [6, 6.07) is 25.1. The summed E-state index contributed by atoms with van der Waals surface area (Å²) in [5, 5.41) is 13.2. The van der Waals surface area contributed by atoms with E-state index >= 15 is 0 Å². The molecule has 3 aromatic carbocycles. The minimum Gasteiger partial charge on any atom is -0.326 e. The van der Waals surface area contributed by atoms with E-state index in [1.54, 1.807) is 48.5 Å². The summed E-state index contributed by atoms with van der Waals surface area (Å²) in [7, 11) is 0. The molecule has 10 heteroatoms. The summed E-state index contributed by atoms with van der Waals surface area (Å²) in [5.41, 5.74) is 7.61. The Morgan fingerprint density at radius 1 is 0.500 bits per heavy atom. The summed E-state index contributed by atoms with van der Waals surface area (Å²) < 4.78 is 0. The molecule has 0 saturated heterocycles. The van der Waals surface area contributed by atoms with Gasteiger partial charge < -0.3 is 10.6 Å². The van der Waals surface area contributed by atoms with Crippen LogP contribution in [0.15, 0.2) is 95.1 Å². The highest BCUT2D eigenvalue weighted by Gasteiger charge is 2.07. The lowest BCUT2D eigenvalue weighted by Crippen LogP contribution is -2.20. The number of nitrogens with zero attached hydrogens (tertiary/aromatic N) is 2. The third-order valence-electron chi connectivity index (χ3n) is 5.02. The van der Waals surface area contributed by atoms with E-state index in [4.69, 9.17) is 0 Å². The van der Waals surface area contributed by atoms with Crippen LogP contribution in [0.1, 0.15) is 36.8 Å². The Balaban J connectivity index is 1.31. The summed E-state index contributed by atoms with van der Waals surface area (Å²) >= 11 is 0. The molecule has 0 unspecified atom stereocenters. The maximum Gasteiger partial charge on any atom is 0.240 e. The van der Waals surface area contributed by atoms with Gasteiger partial charge in [0.2, 0.25) is 23.6 Å². The molecule has 0 aliphatic heterocycles. The van der Waals surface area contributed by atoms with Crippen LogP contribution in [0, 0.1) is 0 Å². The van der Waals surface area contributed by atoms with Crippen LogP contribution in [-0.4, -0.2) is 36.1 Å². The highest BCUT2D eigenvalue weighted by molar-refractivity contribution is 5.94. The molecule has 3 rings (SSSR count). The Labute approximate surface area is 220 Å². The van der Waals surface area contributed by atoms with Crippen molar-refractivity contribution in [1.29, 1.82) is 0 Å². The third kappa shape index (κ3) is 10.6. The van der Waals surface area contributed by atoms with Crippen LogP contribution >= 0.6 is 0 Å². The molecule has 3 aromatic rings. The summed E-state index contributed by atoms with van der Waals surface area (Å²) in [6.45, 7) is 0. The topological polar surface area (TPSA) is 141 Å². The van der Waals surface area contributed by atoms with Crippen molar-refractivity contribution in [1.82, 2.24) is 10.9 Å². The van der Waals surface area contributed by atoms with E-state index in [0.717, 1.165) is 11.1 Å². The summed E-state index contributed by atoms with van der Waals surface area (Å²) in [6.07, 6.45) is 3.06. The van der Waals surface area contributed by atoms with Crippen molar-refractivity contribution in [3.8, 4) is 0 Å². The lowest BCUT2D eigenvalue weighted by Gasteiger charge is -2.04. The second-order valence-electron chi connectivity index (χ2n) is 8.08. The van der Waals surface area contributed by atoms with Gasteiger partial charge in [0, 0.05) is 37.1 Å². The molecule has 0 bridgehead atoms. The van der Waals surface area contributed by atoms with Gasteiger partial charge in [0.05, 0.1) is 12.4 Å². The lowest BCUT2D eigenvalue weighted by molar-refractivity contribution is -0.124. The van der Waals surface area contributed by atoms with Crippen LogP contribution in [0.2, 0.25) is 0 Å². The van der Waals surface area contributed by atoms with E-state index in [1.165, 1.54) is 12.4 Å². The van der Waals surface area contributed by atoms with Crippen molar-refractivity contribution in [2.24, 2.45) is 10.2 Å². The molecule has 0 saturated carbocycles. The van der Waals surface area contributed by atoms with Crippen LogP contribution < -0.4 is 21.5 Å². The number of rotatable bonds is 12. The van der Waals surface area contributed by atoms with E-state index in [9.17, 15) is 19.2 Å². The minimum absolute atomic E-state index is 0.00876. The molecule has 38 heavy (non-hydrogen) atoms. The van der Waals surface area contributed by atoms with E-state index in [-0.39, 0.29) is 49.3 Å². The predicted octanol–water partition coefficient (Wildman–Crippen LogP) is 3.42. The molecule has 0 heterocycles. The summed E-state index contributed by atoms with van der Waals surface area (Å²) in [4.78, 5) is 47.6. The van der Waals surface area contributed by atoms with E-state index in [2.05, 4.69) is 31.7 Å². The fourth-order valence-corrected chi connectivity index (χ4v) is 3.08. The fraction of sp³-hybridized carbons (Fsp3) is 0.143. The van der Waals surface area contributed by atoms with Gasteiger partial charge in [0.25, 0.3) is 0 Å². The van der Waals surface area contributed by atoms with Crippen molar-refractivity contribution >= 4 is 47.4 Å². The minimum atomic E-state index is -0.374. The van der Waals surface area contributed by atoms with Crippen LogP contribution in [0.5, 0.6) is 0 Å². The van der Waals surface area contributed by atoms with Crippen molar-refractivity contribution < 1.29 is 19.2 Å². The van der Waals surface area contributed by atoms with Gasteiger partial charge >= 0.3 is 0 Å². The first-order chi connectivity index (χ1) is 18.5. The zero-order valence-corrected chi connectivity index (χ0v) is 20.6. The van der Waals surface area contributed by atoms with Crippen LogP contribution in [0.25, 0.3) is 0 Å². The first kappa shape index (κ1) is 27.5. The highest BCUT2D eigenvalue weighted by Crippen LogP contribution is 2.07. The van der Waals surface area contributed by atoms with Crippen molar-refractivity contribution in [2.45, 2.75) is 25.7 Å². The van der Waals surface area contributed by atoms with Crippen molar-refractivity contribution in [2.75, 3.05) is 10.6 Å². The molecule has 4 amide bonds. The molecular formula is C28H28N6O4. The molecule has 0 radical (unpaired) electrons. The predicted molar refractivity (Wildman–Crippen MR) is 147 cm³/mol. The molecule has 10 nitrogen and oxygen atoms in total. The van der Waals surface area contributed by atoms with E-state index < -0.39 is 0 Å². The van der Waals surface area contributed by atoms with Crippen molar-refractivity contribution in [3.05, 3.63) is 96.1 Å². The Kier molecular flexibility index (Phi) is 10.9. The number of anilines is 2. The monoisotopic (exact) mass is 512 g/mol. The Hall–Kier alpha value is -5.12. The molecule has 194 valence electrons. The van der Waals surface area contributed by atoms with E-state index in [0.29, 0.717) is 11.4 Å². The molecular weight excluding hydrogens is 484 g/mol. The van der Waals surface area contributed by atoms with Gasteiger partial charge in [-0.1, -0.05) is 60.7 Å². The molecule has 0 atom stereocenters. The molecule has 0 aromatic heterocycles. The van der Waals surface area contributed by atoms with Crippen LogP contribution in [-0.2, 0) is 19.2 Å². The quantitative estimate of drug-likeness (QED) is 0.218. The lowest BCUT2D eigenvalue weighted by atomic mass is 10.2. The van der Waals surface area contributed by atoms with Gasteiger partial charge in [-0.05, 0) is 35.4 Å². The van der Waals surface area contributed by atoms with Crippen LogP contribution in [0.3, 0.4) is 0 Å².